The van der Waals surface area contributed by atoms with Gasteiger partial charge in [0, 0.05) is 25.6 Å². The molecule has 0 aliphatic carbocycles. The first-order valence-corrected chi connectivity index (χ1v) is 9.94. The summed E-state index contributed by atoms with van der Waals surface area (Å²) in [5, 5.41) is 19.5. The molecule has 0 fully saturated rings. The predicted octanol–water partition coefficient (Wildman–Crippen LogP) is 3.22. The fourth-order valence-corrected chi connectivity index (χ4v) is 3.15. The largest absolute Gasteiger partial charge is 0.419 e. The fraction of sp³-hybridized carbons (Fsp3) is 0.286. The maximum absolute atomic E-state index is 13.0. The Hall–Kier alpha value is -3.82. The molecule has 9 nitrogen and oxygen atoms in total. The van der Waals surface area contributed by atoms with Crippen molar-refractivity contribution in [3.63, 3.8) is 0 Å². The average Bonchev–Trinajstić information content (AvgIpc) is 3.48. The third-order valence-electron chi connectivity index (χ3n) is 4.63. The number of amides is 1. The van der Waals surface area contributed by atoms with Crippen molar-refractivity contribution in [2.45, 2.75) is 39.8 Å². The van der Waals surface area contributed by atoms with Gasteiger partial charge in [-0.1, -0.05) is 12.1 Å². The molecule has 0 unspecified atom stereocenters. The molecule has 0 aliphatic heterocycles. The second-order valence-electron chi connectivity index (χ2n) is 7.09. The Morgan fingerprint density at radius 1 is 1.23 bits per heavy atom. The van der Waals surface area contributed by atoms with Crippen molar-refractivity contribution in [2.75, 3.05) is 5.32 Å². The van der Waals surface area contributed by atoms with Crippen LogP contribution in [0.4, 0.5) is 10.1 Å². The van der Waals surface area contributed by atoms with Crippen LogP contribution in [0.1, 0.15) is 30.5 Å². The van der Waals surface area contributed by atoms with Gasteiger partial charge in [0.15, 0.2) is 0 Å². The third-order valence-corrected chi connectivity index (χ3v) is 4.63. The van der Waals surface area contributed by atoms with Gasteiger partial charge < -0.3 is 9.73 Å². The number of hydrogen-bond acceptors (Lipinski definition) is 6. The molecule has 0 aliphatic rings. The first kappa shape index (κ1) is 20.5. The summed E-state index contributed by atoms with van der Waals surface area (Å²) >= 11 is 0. The molecule has 4 aromatic rings. The number of halogens is 1. The summed E-state index contributed by atoms with van der Waals surface area (Å²) in [6.07, 6.45) is 3.80. The average molecular weight is 423 g/mol. The number of benzene rings is 1. The van der Waals surface area contributed by atoms with Crippen molar-refractivity contribution in [2.24, 2.45) is 0 Å². The molecular formula is C21H22FN7O2. The summed E-state index contributed by atoms with van der Waals surface area (Å²) in [7, 11) is 0. The molecule has 4 rings (SSSR count). The summed E-state index contributed by atoms with van der Waals surface area (Å²) in [4.78, 5) is 12.3. The molecule has 0 spiro atoms. The number of nitrogens with zero attached hydrogens (tertiary/aromatic N) is 6. The van der Waals surface area contributed by atoms with E-state index in [-0.39, 0.29) is 18.1 Å². The zero-order valence-corrected chi connectivity index (χ0v) is 17.2. The summed E-state index contributed by atoms with van der Waals surface area (Å²) in [6, 6.07) is 8.09. The Morgan fingerprint density at radius 2 is 2.03 bits per heavy atom. The first-order valence-electron chi connectivity index (χ1n) is 9.94. The SMILES string of the molecule is CCn1nc(C)cc1-c1nnc(CCC(=O)Nc2cnn(Cc3ccc(F)cc3)c2)o1. The van der Waals surface area contributed by atoms with Gasteiger partial charge >= 0.3 is 0 Å². The molecule has 0 saturated heterocycles. The van der Waals surface area contributed by atoms with E-state index < -0.39 is 0 Å². The number of carbonyl (C=O) groups excluding carboxylic acids is 1. The minimum atomic E-state index is -0.281. The minimum absolute atomic E-state index is 0.185. The van der Waals surface area contributed by atoms with Gasteiger partial charge in [0.2, 0.25) is 11.8 Å². The number of aromatic nitrogens is 6. The molecule has 0 atom stereocenters. The van der Waals surface area contributed by atoms with E-state index >= 15 is 0 Å². The Kier molecular flexibility index (Phi) is 5.87. The monoisotopic (exact) mass is 423 g/mol. The molecule has 3 heterocycles. The minimum Gasteiger partial charge on any atom is -0.419 e. The van der Waals surface area contributed by atoms with Crippen molar-refractivity contribution >= 4 is 11.6 Å². The summed E-state index contributed by atoms with van der Waals surface area (Å²) < 4.78 is 22.2. The van der Waals surface area contributed by atoms with Crippen LogP contribution in [-0.2, 0) is 24.3 Å². The Morgan fingerprint density at radius 3 is 2.81 bits per heavy atom. The lowest BCUT2D eigenvalue weighted by Gasteiger charge is -2.02. The standard InChI is InChI=1S/C21H22FN7O2/c1-3-29-18(10-14(2)27-29)21-26-25-20(31-21)9-8-19(30)24-17-11-23-28(13-17)12-15-4-6-16(22)7-5-15/h4-7,10-11,13H,3,8-9,12H2,1-2H3,(H,24,30). The normalized spacial score (nSPS) is 11.1. The number of carbonyl (C=O) groups is 1. The highest BCUT2D eigenvalue weighted by atomic mass is 19.1. The second-order valence-corrected chi connectivity index (χ2v) is 7.09. The van der Waals surface area contributed by atoms with Gasteiger partial charge in [-0.15, -0.1) is 10.2 Å². The highest BCUT2D eigenvalue weighted by Gasteiger charge is 2.15. The Balaban J connectivity index is 1.30. The van der Waals surface area contributed by atoms with Crippen molar-refractivity contribution in [3.8, 4) is 11.6 Å². The van der Waals surface area contributed by atoms with Crippen molar-refractivity contribution < 1.29 is 13.6 Å². The summed E-state index contributed by atoms with van der Waals surface area (Å²) in [6.45, 7) is 5.06. The van der Waals surface area contributed by atoms with Crippen LogP contribution in [0.2, 0.25) is 0 Å². The number of nitrogens with one attached hydrogen (secondary N) is 1. The van der Waals surface area contributed by atoms with Crippen molar-refractivity contribution in [1.29, 1.82) is 0 Å². The van der Waals surface area contributed by atoms with Gasteiger partial charge in [-0.25, -0.2) is 4.39 Å². The van der Waals surface area contributed by atoms with E-state index in [1.165, 1.54) is 12.1 Å². The van der Waals surface area contributed by atoms with Crippen LogP contribution in [0.3, 0.4) is 0 Å². The first-order chi connectivity index (χ1) is 15.0. The molecule has 0 saturated carbocycles. The predicted molar refractivity (Wildman–Crippen MR) is 111 cm³/mol. The lowest BCUT2D eigenvalue weighted by molar-refractivity contribution is -0.116. The maximum atomic E-state index is 13.0. The molecule has 31 heavy (non-hydrogen) atoms. The third kappa shape index (κ3) is 5.03. The molecule has 3 aromatic heterocycles. The molecule has 1 amide bonds. The zero-order valence-electron chi connectivity index (χ0n) is 17.2. The quantitative estimate of drug-likeness (QED) is 0.467. The zero-order chi connectivity index (χ0) is 21.8. The highest BCUT2D eigenvalue weighted by Crippen LogP contribution is 2.20. The van der Waals surface area contributed by atoms with Crippen LogP contribution < -0.4 is 5.32 Å². The van der Waals surface area contributed by atoms with E-state index in [1.54, 1.807) is 33.9 Å². The van der Waals surface area contributed by atoms with Gasteiger partial charge in [0.05, 0.1) is 24.1 Å². The van der Waals surface area contributed by atoms with Gasteiger partial charge in [-0.05, 0) is 37.6 Å². The number of anilines is 1. The highest BCUT2D eigenvalue weighted by molar-refractivity contribution is 5.90. The van der Waals surface area contributed by atoms with Gasteiger partial charge in [0.1, 0.15) is 11.5 Å². The van der Waals surface area contributed by atoms with Crippen LogP contribution in [0.25, 0.3) is 11.6 Å². The molecule has 1 N–H and O–H groups in total. The maximum Gasteiger partial charge on any atom is 0.265 e. The van der Waals surface area contributed by atoms with Gasteiger partial charge in [0.25, 0.3) is 5.89 Å². The van der Waals surface area contributed by atoms with E-state index in [0.29, 0.717) is 37.0 Å². The van der Waals surface area contributed by atoms with Gasteiger partial charge in [-0.2, -0.15) is 10.2 Å². The van der Waals surface area contributed by atoms with E-state index in [9.17, 15) is 9.18 Å². The van der Waals surface area contributed by atoms with Crippen LogP contribution in [0.15, 0.2) is 47.1 Å². The van der Waals surface area contributed by atoms with Crippen LogP contribution in [0, 0.1) is 12.7 Å². The van der Waals surface area contributed by atoms with E-state index in [1.807, 2.05) is 19.9 Å². The topological polar surface area (TPSA) is 104 Å². The second kappa shape index (κ2) is 8.90. The van der Waals surface area contributed by atoms with Gasteiger partial charge in [-0.3, -0.25) is 14.2 Å². The summed E-state index contributed by atoms with van der Waals surface area (Å²) in [5.74, 6) is 0.311. The molecule has 0 bridgehead atoms. The van der Waals surface area contributed by atoms with Crippen LogP contribution >= 0.6 is 0 Å². The molecular weight excluding hydrogens is 401 g/mol. The lowest BCUT2D eigenvalue weighted by atomic mass is 10.2. The van der Waals surface area contributed by atoms with Crippen LogP contribution in [0.5, 0.6) is 0 Å². The fourth-order valence-electron chi connectivity index (χ4n) is 3.15. The number of rotatable bonds is 8. The summed E-state index contributed by atoms with van der Waals surface area (Å²) in [5.41, 5.74) is 3.13. The number of aryl methyl sites for hydroxylation is 3. The van der Waals surface area contributed by atoms with Crippen LogP contribution in [-0.4, -0.2) is 35.7 Å². The molecule has 0 radical (unpaired) electrons. The number of hydrogen-bond donors (Lipinski definition) is 1. The Bertz CT molecular complexity index is 1180. The smallest absolute Gasteiger partial charge is 0.265 e. The van der Waals surface area contributed by atoms with E-state index in [2.05, 4.69) is 25.7 Å². The lowest BCUT2D eigenvalue weighted by Crippen LogP contribution is -2.12. The molecule has 160 valence electrons. The molecule has 1 aromatic carbocycles. The van der Waals surface area contributed by atoms with E-state index in [0.717, 1.165) is 17.0 Å². The Labute approximate surface area is 177 Å². The molecule has 10 heteroatoms. The van der Waals surface area contributed by atoms with Crippen molar-refractivity contribution in [3.05, 3.63) is 65.7 Å². The van der Waals surface area contributed by atoms with Crippen molar-refractivity contribution in [1.82, 2.24) is 29.8 Å². The van der Waals surface area contributed by atoms with E-state index in [4.69, 9.17) is 4.42 Å².